The standard InChI is InChI=1S/C6H10O2S2/c1-8-6(7)5-2-9-4-10-3-5/h5H,2-4H2,1H3. The third kappa shape index (κ3) is 2.09. The lowest BCUT2D eigenvalue weighted by Crippen LogP contribution is -2.23. The van der Waals surface area contributed by atoms with Crippen LogP contribution >= 0.6 is 23.5 Å². The Kier molecular flexibility index (Phi) is 3.42. The third-order valence-electron chi connectivity index (χ3n) is 1.34. The number of carbonyl (C=O) groups is 1. The summed E-state index contributed by atoms with van der Waals surface area (Å²) in [6.07, 6.45) is 0. The highest BCUT2D eigenvalue weighted by Gasteiger charge is 2.21. The van der Waals surface area contributed by atoms with E-state index in [-0.39, 0.29) is 11.9 Å². The van der Waals surface area contributed by atoms with Crippen LogP contribution in [0, 0.1) is 5.92 Å². The van der Waals surface area contributed by atoms with Gasteiger partial charge in [-0.3, -0.25) is 4.79 Å². The zero-order valence-electron chi connectivity index (χ0n) is 5.83. The zero-order valence-corrected chi connectivity index (χ0v) is 7.46. The molecular formula is C6H10O2S2. The highest BCUT2D eigenvalue weighted by atomic mass is 32.2. The van der Waals surface area contributed by atoms with Gasteiger partial charge in [0.15, 0.2) is 0 Å². The first-order valence-corrected chi connectivity index (χ1v) is 5.39. The van der Waals surface area contributed by atoms with Crippen molar-refractivity contribution in [1.82, 2.24) is 0 Å². The number of esters is 1. The summed E-state index contributed by atoms with van der Waals surface area (Å²) in [4.78, 5) is 10.9. The van der Waals surface area contributed by atoms with Crippen LogP contribution in [0.15, 0.2) is 0 Å². The van der Waals surface area contributed by atoms with Crippen LogP contribution in [0.1, 0.15) is 0 Å². The van der Waals surface area contributed by atoms with Crippen molar-refractivity contribution in [3.63, 3.8) is 0 Å². The summed E-state index contributed by atoms with van der Waals surface area (Å²) >= 11 is 3.62. The van der Waals surface area contributed by atoms with Gasteiger partial charge in [-0.15, -0.1) is 0 Å². The van der Waals surface area contributed by atoms with E-state index in [1.807, 2.05) is 23.5 Å². The first kappa shape index (κ1) is 8.27. The lowest BCUT2D eigenvalue weighted by atomic mass is 10.2. The Morgan fingerprint density at radius 2 is 2.10 bits per heavy atom. The second-order valence-corrected chi connectivity index (χ2v) is 4.51. The molecule has 1 heterocycles. The van der Waals surface area contributed by atoms with Crippen molar-refractivity contribution < 1.29 is 9.53 Å². The predicted octanol–water partition coefficient (Wildman–Crippen LogP) is 1.21. The monoisotopic (exact) mass is 178 g/mol. The van der Waals surface area contributed by atoms with Gasteiger partial charge in [0.25, 0.3) is 0 Å². The van der Waals surface area contributed by atoms with Gasteiger partial charge in [0, 0.05) is 16.6 Å². The first-order chi connectivity index (χ1) is 4.84. The summed E-state index contributed by atoms with van der Waals surface area (Å²) in [7, 11) is 1.45. The number of ether oxygens (including phenoxy) is 1. The molecule has 0 aliphatic carbocycles. The molecule has 0 saturated carbocycles. The molecule has 0 unspecified atom stereocenters. The average molecular weight is 178 g/mol. The molecule has 10 heavy (non-hydrogen) atoms. The van der Waals surface area contributed by atoms with Crippen molar-refractivity contribution in [2.75, 3.05) is 23.7 Å². The summed E-state index contributed by atoms with van der Waals surface area (Å²) in [5.41, 5.74) is 0. The maximum atomic E-state index is 10.9. The van der Waals surface area contributed by atoms with Crippen LogP contribution in [-0.4, -0.2) is 29.7 Å². The van der Waals surface area contributed by atoms with E-state index >= 15 is 0 Å². The van der Waals surface area contributed by atoms with Crippen LogP contribution in [0.25, 0.3) is 0 Å². The van der Waals surface area contributed by atoms with Gasteiger partial charge in [0.2, 0.25) is 0 Å². The van der Waals surface area contributed by atoms with E-state index in [0.717, 1.165) is 16.6 Å². The third-order valence-corrected chi connectivity index (χ3v) is 3.95. The molecule has 0 aromatic heterocycles. The van der Waals surface area contributed by atoms with Crippen LogP contribution in [0.4, 0.5) is 0 Å². The van der Waals surface area contributed by atoms with Crippen molar-refractivity contribution in [2.24, 2.45) is 5.92 Å². The summed E-state index contributed by atoms with van der Waals surface area (Å²) < 4.78 is 4.62. The van der Waals surface area contributed by atoms with E-state index < -0.39 is 0 Å². The summed E-state index contributed by atoms with van der Waals surface area (Å²) in [6, 6.07) is 0. The molecule has 0 radical (unpaired) electrons. The fourth-order valence-electron chi connectivity index (χ4n) is 0.791. The molecule has 1 saturated heterocycles. The number of hydrogen-bond donors (Lipinski definition) is 0. The molecule has 4 heteroatoms. The minimum atomic E-state index is -0.0558. The van der Waals surface area contributed by atoms with E-state index in [0.29, 0.717) is 0 Å². The summed E-state index contributed by atoms with van der Waals surface area (Å²) in [5.74, 6) is 1.94. The minimum absolute atomic E-state index is 0.0558. The average Bonchev–Trinajstić information content (AvgIpc) is 2.05. The number of rotatable bonds is 1. The van der Waals surface area contributed by atoms with Gasteiger partial charge >= 0.3 is 5.97 Å². The molecule has 0 N–H and O–H groups in total. The van der Waals surface area contributed by atoms with Gasteiger partial charge in [-0.25, -0.2) is 0 Å². The topological polar surface area (TPSA) is 26.3 Å². The second-order valence-electron chi connectivity index (χ2n) is 2.08. The van der Waals surface area contributed by atoms with Gasteiger partial charge in [-0.2, -0.15) is 23.5 Å². The van der Waals surface area contributed by atoms with E-state index in [1.54, 1.807) is 0 Å². The fourth-order valence-corrected chi connectivity index (χ4v) is 3.26. The van der Waals surface area contributed by atoms with Crippen LogP contribution < -0.4 is 0 Å². The molecule has 1 aliphatic heterocycles. The van der Waals surface area contributed by atoms with Crippen molar-refractivity contribution in [3.05, 3.63) is 0 Å². The molecule has 0 bridgehead atoms. The van der Waals surface area contributed by atoms with Gasteiger partial charge < -0.3 is 4.74 Å². The first-order valence-electron chi connectivity index (χ1n) is 3.08. The second kappa shape index (κ2) is 4.13. The van der Waals surface area contributed by atoms with Crippen LogP contribution in [0.5, 0.6) is 0 Å². The molecule has 0 atom stereocenters. The molecule has 1 rings (SSSR count). The Hall–Kier alpha value is 0.170. The van der Waals surface area contributed by atoms with Crippen LogP contribution in [-0.2, 0) is 9.53 Å². The van der Waals surface area contributed by atoms with E-state index in [2.05, 4.69) is 4.74 Å². The fraction of sp³-hybridized carbons (Fsp3) is 0.833. The minimum Gasteiger partial charge on any atom is -0.469 e. The molecule has 0 amide bonds. The maximum Gasteiger partial charge on any atom is 0.310 e. The molecule has 58 valence electrons. The molecule has 0 spiro atoms. The zero-order chi connectivity index (χ0) is 7.40. The van der Waals surface area contributed by atoms with E-state index in [4.69, 9.17) is 0 Å². The molecular weight excluding hydrogens is 168 g/mol. The number of methoxy groups -OCH3 is 1. The van der Waals surface area contributed by atoms with Crippen molar-refractivity contribution >= 4 is 29.5 Å². The molecule has 2 nitrogen and oxygen atoms in total. The molecule has 1 fully saturated rings. The van der Waals surface area contributed by atoms with Crippen LogP contribution in [0.2, 0.25) is 0 Å². The number of thioether (sulfide) groups is 2. The normalized spacial score (nSPS) is 20.5. The van der Waals surface area contributed by atoms with Crippen molar-refractivity contribution in [3.8, 4) is 0 Å². The molecule has 0 aromatic rings. The van der Waals surface area contributed by atoms with E-state index in [9.17, 15) is 4.79 Å². The highest BCUT2D eigenvalue weighted by molar-refractivity contribution is 8.16. The molecule has 0 aromatic carbocycles. The Bertz CT molecular complexity index is 121. The summed E-state index contributed by atoms with van der Waals surface area (Å²) in [5, 5.41) is 1.12. The van der Waals surface area contributed by atoms with Gasteiger partial charge in [-0.1, -0.05) is 0 Å². The summed E-state index contributed by atoms with van der Waals surface area (Å²) in [6.45, 7) is 0. The Balaban J connectivity index is 2.31. The quantitative estimate of drug-likeness (QED) is 0.564. The Labute approximate surface area is 69.1 Å². The number of carbonyl (C=O) groups excluding carboxylic acids is 1. The van der Waals surface area contributed by atoms with Gasteiger partial charge in [0.1, 0.15) is 0 Å². The lowest BCUT2D eigenvalue weighted by Gasteiger charge is -2.17. The Morgan fingerprint density at radius 3 is 2.60 bits per heavy atom. The predicted molar refractivity (Wildman–Crippen MR) is 45.3 cm³/mol. The van der Waals surface area contributed by atoms with Gasteiger partial charge in [-0.05, 0) is 0 Å². The van der Waals surface area contributed by atoms with Crippen molar-refractivity contribution in [1.29, 1.82) is 0 Å². The van der Waals surface area contributed by atoms with Gasteiger partial charge in [0.05, 0.1) is 13.0 Å². The smallest absolute Gasteiger partial charge is 0.310 e. The highest BCUT2D eigenvalue weighted by Crippen LogP contribution is 2.25. The SMILES string of the molecule is COC(=O)C1CSCSC1. The largest absolute Gasteiger partial charge is 0.469 e. The maximum absolute atomic E-state index is 10.9. The Morgan fingerprint density at radius 1 is 1.50 bits per heavy atom. The number of hydrogen-bond acceptors (Lipinski definition) is 4. The van der Waals surface area contributed by atoms with Crippen molar-refractivity contribution in [2.45, 2.75) is 0 Å². The van der Waals surface area contributed by atoms with E-state index in [1.165, 1.54) is 7.11 Å². The molecule has 1 aliphatic rings. The lowest BCUT2D eigenvalue weighted by molar-refractivity contribution is -0.143. The van der Waals surface area contributed by atoms with Crippen LogP contribution in [0.3, 0.4) is 0 Å².